The molecule has 0 atom stereocenters. The molecule has 2 aromatic carbocycles. The van der Waals surface area contributed by atoms with E-state index in [2.05, 4.69) is 15.9 Å². The number of carboxylic acid groups (broad SMARTS) is 1. The average molecular weight is 348 g/mol. The summed E-state index contributed by atoms with van der Waals surface area (Å²) in [6, 6.07) is 6.27. The van der Waals surface area contributed by atoms with Gasteiger partial charge in [-0.2, -0.15) is 0 Å². The number of carbonyl (C=O) groups is 1. The Bertz CT molecular complexity index is 674. The summed E-state index contributed by atoms with van der Waals surface area (Å²) in [4.78, 5) is 11.0. The molecule has 0 saturated carbocycles. The van der Waals surface area contributed by atoms with Gasteiger partial charge >= 0.3 is 5.97 Å². The van der Waals surface area contributed by atoms with E-state index in [1.807, 2.05) is 0 Å². The molecule has 0 fully saturated rings. The zero-order valence-corrected chi connectivity index (χ0v) is 11.6. The summed E-state index contributed by atoms with van der Waals surface area (Å²) in [6.45, 7) is 0. The van der Waals surface area contributed by atoms with Gasteiger partial charge in [-0.3, -0.25) is 0 Å². The molecule has 19 heavy (non-hydrogen) atoms. The van der Waals surface area contributed by atoms with Gasteiger partial charge in [0.15, 0.2) is 11.6 Å². The Balaban J connectivity index is 2.70. The van der Waals surface area contributed by atoms with E-state index < -0.39 is 17.6 Å². The molecular formula is C13H6BrClF2O2. The molecule has 0 heterocycles. The highest BCUT2D eigenvalue weighted by Crippen LogP contribution is 2.34. The van der Waals surface area contributed by atoms with Crippen molar-refractivity contribution in [1.29, 1.82) is 0 Å². The minimum Gasteiger partial charge on any atom is -0.478 e. The Kier molecular flexibility index (Phi) is 3.87. The normalized spacial score (nSPS) is 10.5. The molecule has 0 aliphatic carbocycles. The number of aromatic carboxylic acids is 1. The predicted octanol–water partition coefficient (Wildman–Crippen LogP) is 4.75. The Labute approximate surface area is 120 Å². The summed E-state index contributed by atoms with van der Waals surface area (Å²) >= 11 is 8.92. The third kappa shape index (κ3) is 2.62. The van der Waals surface area contributed by atoms with Crippen molar-refractivity contribution >= 4 is 33.5 Å². The van der Waals surface area contributed by atoms with Crippen molar-refractivity contribution in [2.45, 2.75) is 0 Å². The summed E-state index contributed by atoms with van der Waals surface area (Å²) in [5, 5.41) is 9.01. The van der Waals surface area contributed by atoms with E-state index in [-0.39, 0.29) is 21.7 Å². The van der Waals surface area contributed by atoms with Crippen LogP contribution in [-0.2, 0) is 0 Å². The van der Waals surface area contributed by atoms with Crippen LogP contribution >= 0.6 is 27.5 Å². The third-order valence-corrected chi connectivity index (χ3v) is 3.54. The van der Waals surface area contributed by atoms with Gasteiger partial charge < -0.3 is 5.11 Å². The molecule has 1 N–H and O–H groups in total. The van der Waals surface area contributed by atoms with Crippen molar-refractivity contribution in [3.05, 3.63) is 57.0 Å². The average Bonchev–Trinajstić information content (AvgIpc) is 2.36. The zero-order chi connectivity index (χ0) is 14.2. The first-order valence-electron chi connectivity index (χ1n) is 5.08. The second-order valence-electron chi connectivity index (χ2n) is 3.72. The molecular weight excluding hydrogens is 341 g/mol. The molecule has 0 spiro atoms. The van der Waals surface area contributed by atoms with Gasteiger partial charge in [0.2, 0.25) is 0 Å². The molecule has 0 unspecified atom stereocenters. The molecule has 0 aliphatic rings. The van der Waals surface area contributed by atoms with Crippen molar-refractivity contribution < 1.29 is 18.7 Å². The lowest BCUT2D eigenvalue weighted by Gasteiger charge is -2.09. The van der Waals surface area contributed by atoms with Gasteiger partial charge in [-0.1, -0.05) is 17.7 Å². The Morgan fingerprint density at radius 3 is 2.53 bits per heavy atom. The summed E-state index contributed by atoms with van der Waals surface area (Å²) in [5.41, 5.74) is -0.0171. The number of carboxylic acids is 1. The molecule has 0 aromatic heterocycles. The van der Waals surface area contributed by atoms with Gasteiger partial charge in [0.05, 0.1) is 10.6 Å². The lowest BCUT2D eigenvalue weighted by Crippen LogP contribution is -1.99. The summed E-state index contributed by atoms with van der Waals surface area (Å²) in [6.07, 6.45) is 0. The maximum absolute atomic E-state index is 13.8. The van der Waals surface area contributed by atoms with Crippen LogP contribution in [0.1, 0.15) is 10.4 Å². The molecule has 0 aliphatic heterocycles. The SMILES string of the molecule is O=C(O)c1cc(-c2c(Cl)ccc(F)c2F)ccc1Br. The van der Waals surface area contributed by atoms with E-state index in [0.717, 1.165) is 6.07 Å². The lowest BCUT2D eigenvalue weighted by molar-refractivity contribution is 0.0696. The first kappa shape index (κ1) is 14.0. The number of benzene rings is 2. The van der Waals surface area contributed by atoms with Gasteiger partial charge in [0, 0.05) is 10.0 Å². The maximum atomic E-state index is 13.8. The Hall–Kier alpha value is -1.46. The molecule has 0 radical (unpaired) electrons. The van der Waals surface area contributed by atoms with Gasteiger partial charge in [-0.25, -0.2) is 13.6 Å². The number of hydrogen-bond donors (Lipinski definition) is 1. The minimum absolute atomic E-state index is 0.0116. The lowest BCUT2D eigenvalue weighted by atomic mass is 10.0. The van der Waals surface area contributed by atoms with Crippen LogP contribution in [0.4, 0.5) is 8.78 Å². The quantitative estimate of drug-likeness (QED) is 0.796. The number of halogens is 4. The van der Waals surface area contributed by atoms with Gasteiger partial charge in [-0.05, 0) is 45.8 Å². The largest absolute Gasteiger partial charge is 0.478 e. The van der Waals surface area contributed by atoms with Crippen molar-refractivity contribution in [1.82, 2.24) is 0 Å². The van der Waals surface area contributed by atoms with E-state index in [1.165, 1.54) is 24.3 Å². The van der Waals surface area contributed by atoms with Crippen LogP contribution < -0.4 is 0 Å². The highest BCUT2D eigenvalue weighted by molar-refractivity contribution is 9.10. The second-order valence-corrected chi connectivity index (χ2v) is 4.98. The predicted molar refractivity (Wildman–Crippen MR) is 71.5 cm³/mol. The van der Waals surface area contributed by atoms with Crippen LogP contribution in [0.25, 0.3) is 11.1 Å². The van der Waals surface area contributed by atoms with Crippen LogP contribution in [0.5, 0.6) is 0 Å². The molecule has 6 heteroatoms. The highest BCUT2D eigenvalue weighted by Gasteiger charge is 2.17. The molecule has 2 nitrogen and oxygen atoms in total. The molecule has 0 bridgehead atoms. The molecule has 2 rings (SSSR count). The van der Waals surface area contributed by atoms with Crippen LogP contribution in [-0.4, -0.2) is 11.1 Å². The van der Waals surface area contributed by atoms with E-state index in [0.29, 0.717) is 4.47 Å². The summed E-state index contributed by atoms with van der Waals surface area (Å²) < 4.78 is 27.3. The summed E-state index contributed by atoms with van der Waals surface area (Å²) in [5.74, 6) is -3.33. The van der Waals surface area contributed by atoms with Crippen LogP contribution in [0.3, 0.4) is 0 Å². The topological polar surface area (TPSA) is 37.3 Å². The van der Waals surface area contributed by atoms with Crippen molar-refractivity contribution in [3.8, 4) is 11.1 Å². The van der Waals surface area contributed by atoms with Crippen LogP contribution in [0, 0.1) is 11.6 Å². The molecule has 0 saturated heterocycles. The van der Waals surface area contributed by atoms with E-state index in [9.17, 15) is 13.6 Å². The highest BCUT2D eigenvalue weighted by atomic mass is 79.9. The molecule has 98 valence electrons. The smallest absolute Gasteiger partial charge is 0.336 e. The van der Waals surface area contributed by atoms with Crippen molar-refractivity contribution in [2.75, 3.05) is 0 Å². The fourth-order valence-corrected chi connectivity index (χ4v) is 2.31. The van der Waals surface area contributed by atoms with Crippen molar-refractivity contribution in [2.24, 2.45) is 0 Å². The Morgan fingerprint density at radius 1 is 1.21 bits per heavy atom. The summed E-state index contributed by atoms with van der Waals surface area (Å²) in [7, 11) is 0. The van der Waals surface area contributed by atoms with E-state index >= 15 is 0 Å². The fourth-order valence-electron chi connectivity index (χ4n) is 1.64. The van der Waals surface area contributed by atoms with Gasteiger partial charge in [-0.15, -0.1) is 0 Å². The van der Waals surface area contributed by atoms with Gasteiger partial charge in [0.25, 0.3) is 0 Å². The minimum atomic E-state index is -1.18. The second kappa shape index (κ2) is 5.27. The van der Waals surface area contributed by atoms with E-state index in [4.69, 9.17) is 16.7 Å². The molecule has 0 amide bonds. The fraction of sp³-hybridized carbons (Fsp3) is 0. The first-order chi connectivity index (χ1) is 8.91. The van der Waals surface area contributed by atoms with Gasteiger partial charge in [0.1, 0.15) is 0 Å². The van der Waals surface area contributed by atoms with Crippen LogP contribution in [0.2, 0.25) is 5.02 Å². The van der Waals surface area contributed by atoms with Crippen LogP contribution in [0.15, 0.2) is 34.8 Å². The zero-order valence-electron chi connectivity index (χ0n) is 9.25. The monoisotopic (exact) mass is 346 g/mol. The third-order valence-electron chi connectivity index (χ3n) is 2.53. The maximum Gasteiger partial charge on any atom is 0.336 e. The van der Waals surface area contributed by atoms with Crippen molar-refractivity contribution in [3.63, 3.8) is 0 Å². The standard InChI is InChI=1S/C13H6BrClF2O2/c14-8-2-1-6(5-7(8)13(18)19)11-9(15)3-4-10(16)12(11)17/h1-5H,(H,18,19). The first-order valence-corrected chi connectivity index (χ1v) is 6.25. The molecule has 2 aromatic rings. The Morgan fingerprint density at radius 2 is 1.89 bits per heavy atom. The number of rotatable bonds is 2. The number of hydrogen-bond acceptors (Lipinski definition) is 1. The van der Waals surface area contributed by atoms with E-state index in [1.54, 1.807) is 0 Å².